The van der Waals surface area contributed by atoms with E-state index in [9.17, 15) is 28.3 Å². The van der Waals surface area contributed by atoms with Crippen LogP contribution in [0, 0.1) is 0 Å². The number of fused-ring (bicyclic) bond motifs is 1. The van der Waals surface area contributed by atoms with Crippen molar-refractivity contribution < 1.29 is 51.2 Å². The molecular formula is C10H15N8O12P3. The van der Waals surface area contributed by atoms with E-state index in [-0.39, 0.29) is 23.5 Å². The van der Waals surface area contributed by atoms with Gasteiger partial charge >= 0.3 is 23.5 Å². The molecule has 0 amide bonds. The number of nitrogens with one attached hydrogen (secondary N) is 1. The molecule has 1 saturated heterocycles. The molecule has 2 aromatic heterocycles. The summed E-state index contributed by atoms with van der Waals surface area (Å²) >= 11 is 0. The van der Waals surface area contributed by atoms with Crippen molar-refractivity contribution >= 4 is 40.6 Å². The highest BCUT2D eigenvalue weighted by molar-refractivity contribution is 7.66. The van der Waals surface area contributed by atoms with Gasteiger partial charge in [0.2, 0.25) is 5.95 Å². The summed E-state index contributed by atoms with van der Waals surface area (Å²) in [6.45, 7) is -0.841. The van der Waals surface area contributed by atoms with Gasteiger partial charge in [-0.05, 0) is 5.53 Å². The van der Waals surface area contributed by atoms with Crippen molar-refractivity contribution in [2.24, 2.45) is 5.11 Å². The molecule has 0 bridgehead atoms. The Morgan fingerprint density at radius 3 is 2.64 bits per heavy atom. The molecule has 23 heteroatoms. The number of ether oxygens (including phenoxy) is 1. The molecule has 3 rings (SSSR count). The minimum atomic E-state index is -5.70. The molecule has 182 valence electrons. The maximum Gasteiger partial charge on any atom is 0.490 e. The number of imidazole rings is 1. The van der Waals surface area contributed by atoms with Gasteiger partial charge in [-0.1, -0.05) is 5.11 Å². The van der Waals surface area contributed by atoms with Crippen molar-refractivity contribution in [1.82, 2.24) is 19.5 Å². The van der Waals surface area contributed by atoms with Crippen molar-refractivity contribution in [3.05, 3.63) is 27.1 Å². The zero-order valence-corrected chi connectivity index (χ0v) is 18.6. The first-order valence-corrected chi connectivity index (χ1v) is 12.9. The number of aromatic nitrogens is 4. The van der Waals surface area contributed by atoms with Crippen LogP contribution in [-0.2, 0) is 31.6 Å². The van der Waals surface area contributed by atoms with E-state index in [1.807, 2.05) is 0 Å². The Kier molecular flexibility index (Phi) is 7.12. The van der Waals surface area contributed by atoms with E-state index < -0.39 is 54.0 Å². The minimum absolute atomic E-state index is 0.0334. The number of nitrogens with zero attached hydrogens (tertiary/aromatic N) is 6. The summed E-state index contributed by atoms with van der Waals surface area (Å²) in [5, 5.41) is 3.49. The number of nitrogens with two attached hydrogens (primary N) is 1. The first-order valence-electron chi connectivity index (χ1n) is 8.40. The number of phosphoric acid groups is 3. The lowest BCUT2D eigenvalue weighted by Crippen LogP contribution is -2.24. The summed E-state index contributed by atoms with van der Waals surface area (Å²) in [4.78, 5) is 60.5. The molecule has 5 atom stereocenters. The first-order chi connectivity index (χ1) is 15.2. The van der Waals surface area contributed by atoms with Gasteiger partial charge in [0.25, 0.3) is 5.56 Å². The second-order valence-electron chi connectivity index (χ2n) is 6.30. The van der Waals surface area contributed by atoms with E-state index in [0.717, 1.165) is 0 Å². The third-order valence-electron chi connectivity index (χ3n) is 3.98. The largest absolute Gasteiger partial charge is 0.490 e. The summed E-state index contributed by atoms with van der Waals surface area (Å²) in [7, 11) is -16.7. The number of H-pyrrole nitrogens is 1. The summed E-state index contributed by atoms with van der Waals surface area (Å²) < 4.78 is 52.6. The number of nitrogen functional groups attached to an aromatic ring is 1. The second-order valence-corrected chi connectivity index (χ2v) is 10.7. The Hall–Kier alpha value is -2.17. The van der Waals surface area contributed by atoms with Crippen molar-refractivity contribution in [3.63, 3.8) is 0 Å². The van der Waals surface area contributed by atoms with Crippen LogP contribution in [0.5, 0.6) is 0 Å². The molecule has 0 aromatic carbocycles. The van der Waals surface area contributed by atoms with Crippen LogP contribution in [0.3, 0.4) is 0 Å². The van der Waals surface area contributed by atoms with Crippen LogP contribution in [0.15, 0.2) is 16.2 Å². The fourth-order valence-electron chi connectivity index (χ4n) is 2.85. The van der Waals surface area contributed by atoms with Gasteiger partial charge in [-0.15, -0.1) is 0 Å². The molecular weight excluding hydrogens is 517 g/mol. The zero-order chi connectivity index (χ0) is 24.6. The fourth-order valence-corrected chi connectivity index (χ4v) is 5.88. The number of anilines is 1. The normalized spacial score (nSPS) is 24.8. The molecule has 5 unspecified atom stereocenters. The topological polar surface area (TPSA) is 307 Å². The van der Waals surface area contributed by atoms with Gasteiger partial charge in [0.15, 0.2) is 11.2 Å². The van der Waals surface area contributed by atoms with E-state index >= 15 is 0 Å². The Bertz CT molecular complexity index is 1300. The summed E-state index contributed by atoms with van der Waals surface area (Å²) in [5.74, 6) is -0.206. The number of hydrogen-bond donors (Lipinski definition) is 6. The highest BCUT2D eigenvalue weighted by Gasteiger charge is 2.43. The number of rotatable bonds is 9. The molecule has 0 saturated carbocycles. The van der Waals surface area contributed by atoms with Crippen LogP contribution in [0.1, 0.15) is 12.6 Å². The molecule has 1 fully saturated rings. The molecule has 20 nitrogen and oxygen atoms in total. The van der Waals surface area contributed by atoms with Gasteiger partial charge in [-0.2, -0.15) is 13.6 Å². The molecule has 0 spiro atoms. The summed E-state index contributed by atoms with van der Waals surface area (Å²) in [6, 6.07) is -0.996. The molecule has 33 heavy (non-hydrogen) atoms. The summed E-state index contributed by atoms with van der Waals surface area (Å²) in [6.07, 6.45) is -0.996. The number of phosphoric ester groups is 1. The van der Waals surface area contributed by atoms with Gasteiger partial charge in [-0.3, -0.25) is 18.9 Å². The molecule has 1 aliphatic heterocycles. The van der Waals surface area contributed by atoms with E-state index in [0.29, 0.717) is 0 Å². The first kappa shape index (κ1) is 25.5. The van der Waals surface area contributed by atoms with Gasteiger partial charge in [0.05, 0.1) is 25.1 Å². The molecule has 2 aromatic rings. The average Bonchev–Trinajstić information content (AvgIpc) is 3.21. The lowest BCUT2D eigenvalue weighted by Gasteiger charge is -2.19. The average molecular weight is 532 g/mol. The van der Waals surface area contributed by atoms with Gasteiger partial charge in [-0.25, -0.2) is 18.7 Å². The predicted octanol–water partition coefficient (Wildman–Crippen LogP) is 0.0115. The van der Waals surface area contributed by atoms with Crippen molar-refractivity contribution in [1.29, 1.82) is 0 Å². The number of azide groups is 1. The molecule has 0 radical (unpaired) electrons. The number of hydrogen-bond acceptors (Lipinski definition) is 12. The van der Waals surface area contributed by atoms with Gasteiger partial charge in [0.1, 0.15) is 6.23 Å². The van der Waals surface area contributed by atoms with Gasteiger partial charge < -0.3 is 30.0 Å². The van der Waals surface area contributed by atoms with Crippen molar-refractivity contribution in [2.75, 3.05) is 12.3 Å². The van der Waals surface area contributed by atoms with E-state index in [4.69, 9.17) is 25.8 Å². The van der Waals surface area contributed by atoms with Crippen LogP contribution in [0.25, 0.3) is 21.6 Å². The van der Waals surface area contributed by atoms with Crippen LogP contribution in [-0.4, -0.2) is 57.8 Å². The Morgan fingerprint density at radius 1 is 1.30 bits per heavy atom. The standard InChI is InChI=1S/C10H15N8O12P3/c11-10-14-8-7(9(19)15-10)13-3-18(8)6-1-4(16-17-12)5(28-6)2-27-32(23,24)30-33(25,26)29-31(20,21)22/h3-6H,1-2H2,(H,23,24)(H,25,26)(H2,20,21,22)(H3,11,14,15,19). The maximum atomic E-state index is 11.9. The second kappa shape index (κ2) is 9.23. The summed E-state index contributed by atoms with van der Waals surface area (Å²) in [5.41, 5.74) is 13.7. The van der Waals surface area contributed by atoms with Crippen LogP contribution in [0.2, 0.25) is 0 Å². The third-order valence-corrected chi connectivity index (χ3v) is 7.79. The Balaban J connectivity index is 1.75. The SMILES string of the molecule is [N-]=[N+]=NC1CC(n2cnc3c(=O)[nH]c(N)nc32)OC1COP(=O)(O)OP(=O)(O)OP(=O)(O)O. The Morgan fingerprint density at radius 2 is 2.00 bits per heavy atom. The molecule has 1 aliphatic rings. The van der Waals surface area contributed by atoms with Crippen LogP contribution in [0.4, 0.5) is 5.95 Å². The maximum absolute atomic E-state index is 11.9. The molecule has 7 N–H and O–H groups in total. The van der Waals surface area contributed by atoms with Crippen molar-refractivity contribution in [3.8, 4) is 0 Å². The third kappa shape index (κ3) is 6.45. The highest BCUT2D eigenvalue weighted by atomic mass is 31.3. The van der Waals surface area contributed by atoms with E-state index in [2.05, 4.69) is 38.1 Å². The lowest BCUT2D eigenvalue weighted by atomic mass is 10.1. The molecule has 0 aliphatic carbocycles. The van der Waals surface area contributed by atoms with Crippen LogP contribution >= 0.6 is 23.5 Å². The fraction of sp³-hybridized carbons (Fsp3) is 0.500. The Labute approximate surface area is 181 Å². The monoisotopic (exact) mass is 532 g/mol. The van der Waals surface area contributed by atoms with Crippen molar-refractivity contribution in [2.45, 2.75) is 24.8 Å². The lowest BCUT2D eigenvalue weighted by molar-refractivity contribution is -0.0230. The highest BCUT2D eigenvalue weighted by Crippen LogP contribution is 2.66. The van der Waals surface area contributed by atoms with Gasteiger partial charge in [0, 0.05) is 11.3 Å². The quantitative estimate of drug-likeness (QED) is 0.107. The molecule has 3 heterocycles. The zero-order valence-electron chi connectivity index (χ0n) is 15.9. The predicted molar refractivity (Wildman–Crippen MR) is 104 cm³/mol. The number of aromatic amines is 1. The van der Waals surface area contributed by atoms with E-state index in [1.54, 1.807) is 0 Å². The smallest absolute Gasteiger partial charge is 0.369 e. The minimum Gasteiger partial charge on any atom is -0.369 e. The van der Waals surface area contributed by atoms with E-state index in [1.165, 1.54) is 10.9 Å². The van der Waals surface area contributed by atoms with Crippen LogP contribution < -0.4 is 11.3 Å².